The van der Waals surface area contributed by atoms with Gasteiger partial charge in [0.05, 0.1) is 11.8 Å². The van der Waals surface area contributed by atoms with E-state index in [0.29, 0.717) is 23.6 Å². The van der Waals surface area contributed by atoms with E-state index in [1.165, 1.54) is 0 Å². The van der Waals surface area contributed by atoms with Crippen LogP contribution in [0.3, 0.4) is 0 Å². The van der Waals surface area contributed by atoms with Crippen molar-refractivity contribution in [2.45, 2.75) is 32.6 Å². The summed E-state index contributed by atoms with van der Waals surface area (Å²) in [5.41, 5.74) is 5.34. The zero-order valence-corrected chi connectivity index (χ0v) is 14.6. The Balaban J connectivity index is 1.80. The van der Waals surface area contributed by atoms with E-state index in [2.05, 4.69) is 10.9 Å². The molecule has 0 unspecified atom stereocenters. The smallest absolute Gasteiger partial charge is 0.307 e. The van der Waals surface area contributed by atoms with Gasteiger partial charge >= 0.3 is 5.97 Å². The molecule has 2 rings (SSSR count). The Hall–Kier alpha value is -2.28. The number of nitrogens with one attached hydrogen (secondary N) is 2. The van der Waals surface area contributed by atoms with Gasteiger partial charge in [-0.3, -0.25) is 25.2 Å². The van der Waals surface area contributed by atoms with Crippen molar-refractivity contribution in [3.63, 3.8) is 0 Å². The summed E-state index contributed by atoms with van der Waals surface area (Å²) in [4.78, 5) is 35.2. The highest BCUT2D eigenvalue weighted by molar-refractivity contribution is 6.30. The van der Waals surface area contributed by atoms with Gasteiger partial charge in [0.15, 0.2) is 6.61 Å². The molecular formula is C17H21ClN2O5. The van der Waals surface area contributed by atoms with Gasteiger partial charge in [0, 0.05) is 5.02 Å². The van der Waals surface area contributed by atoms with Crippen molar-refractivity contribution >= 4 is 29.4 Å². The standard InChI is InChI=1S/C17H21ClN2O5/c1-10-8-11(18)6-7-14(10)25-9-15(21)19-20-16(22)12-4-2-3-5-13(12)17(23)24/h6-8,12-13H,2-5,9H2,1H3,(H,19,21)(H,20,22)(H,23,24)/t12-,13-/m1/s1. The Morgan fingerprint density at radius 2 is 1.88 bits per heavy atom. The van der Waals surface area contributed by atoms with E-state index in [1.54, 1.807) is 25.1 Å². The van der Waals surface area contributed by atoms with Crippen LogP contribution in [-0.2, 0) is 14.4 Å². The van der Waals surface area contributed by atoms with Crippen LogP contribution in [0.2, 0.25) is 5.02 Å². The normalized spacial score (nSPS) is 19.8. The third-order valence-corrected chi connectivity index (χ3v) is 4.48. The Morgan fingerprint density at radius 3 is 2.52 bits per heavy atom. The van der Waals surface area contributed by atoms with Crippen molar-refractivity contribution in [3.8, 4) is 5.75 Å². The van der Waals surface area contributed by atoms with Crippen molar-refractivity contribution in [1.82, 2.24) is 10.9 Å². The molecule has 0 aromatic heterocycles. The Kier molecular flexibility index (Phi) is 6.64. The highest BCUT2D eigenvalue weighted by Gasteiger charge is 2.35. The van der Waals surface area contributed by atoms with E-state index in [-0.39, 0.29) is 6.61 Å². The summed E-state index contributed by atoms with van der Waals surface area (Å²) in [7, 11) is 0. The fourth-order valence-corrected chi connectivity index (χ4v) is 3.15. The first-order chi connectivity index (χ1) is 11.9. The Morgan fingerprint density at radius 1 is 1.20 bits per heavy atom. The minimum atomic E-state index is -0.979. The predicted molar refractivity (Wildman–Crippen MR) is 91.1 cm³/mol. The molecule has 1 saturated carbocycles. The summed E-state index contributed by atoms with van der Waals surface area (Å²) in [5, 5.41) is 9.77. The number of carboxylic acid groups (broad SMARTS) is 1. The van der Waals surface area contributed by atoms with Gasteiger partial charge in [0.1, 0.15) is 5.75 Å². The predicted octanol–water partition coefficient (Wildman–Crippen LogP) is 2.07. The zero-order valence-electron chi connectivity index (χ0n) is 13.9. The Bertz CT molecular complexity index is 664. The first-order valence-corrected chi connectivity index (χ1v) is 8.46. The number of halogens is 1. The van der Waals surface area contributed by atoms with Crippen LogP contribution in [0.25, 0.3) is 0 Å². The molecule has 8 heteroatoms. The van der Waals surface area contributed by atoms with Crippen molar-refractivity contribution in [2.75, 3.05) is 6.61 Å². The molecule has 2 atom stereocenters. The number of hydrogen-bond acceptors (Lipinski definition) is 4. The second-order valence-electron chi connectivity index (χ2n) is 6.07. The molecule has 2 amide bonds. The molecule has 1 aromatic carbocycles. The number of amides is 2. The minimum absolute atomic E-state index is 0.282. The maximum Gasteiger partial charge on any atom is 0.307 e. The lowest BCUT2D eigenvalue weighted by Crippen LogP contribution is -2.49. The van der Waals surface area contributed by atoms with E-state index >= 15 is 0 Å². The number of aliphatic carboxylic acids is 1. The Labute approximate surface area is 150 Å². The monoisotopic (exact) mass is 368 g/mol. The van der Waals surface area contributed by atoms with Gasteiger partial charge in [-0.25, -0.2) is 0 Å². The van der Waals surface area contributed by atoms with Crippen LogP contribution in [0.1, 0.15) is 31.2 Å². The SMILES string of the molecule is Cc1cc(Cl)ccc1OCC(=O)NNC(=O)[C@@H]1CCCC[C@H]1C(=O)O. The van der Waals surface area contributed by atoms with Crippen LogP contribution >= 0.6 is 11.6 Å². The van der Waals surface area contributed by atoms with Gasteiger partial charge in [0.2, 0.25) is 5.91 Å². The van der Waals surface area contributed by atoms with Crippen molar-refractivity contribution < 1.29 is 24.2 Å². The third-order valence-electron chi connectivity index (χ3n) is 4.24. The van der Waals surface area contributed by atoms with E-state index in [4.69, 9.17) is 16.3 Å². The summed E-state index contributed by atoms with van der Waals surface area (Å²) >= 11 is 5.85. The molecule has 1 aliphatic rings. The molecule has 3 N–H and O–H groups in total. The molecule has 1 aliphatic carbocycles. The van der Waals surface area contributed by atoms with Crippen LogP contribution in [0.4, 0.5) is 0 Å². The highest BCUT2D eigenvalue weighted by atomic mass is 35.5. The first kappa shape index (κ1) is 19.1. The third kappa shape index (κ3) is 5.35. The molecule has 0 radical (unpaired) electrons. The van der Waals surface area contributed by atoms with Crippen LogP contribution in [0.15, 0.2) is 18.2 Å². The average molecular weight is 369 g/mol. The van der Waals surface area contributed by atoms with Crippen LogP contribution in [0, 0.1) is 18.8 Å². The number of rotatable bonds is 5. The lowest BCUT2D eigenvalue weighted by molar-refractivity contribution is -0.149. The molecule has 7 nitrogen and oxygen atoms in total. The van der Waals surface area contributed by atoms with Gasteiger partial charge in [-0.15, -0.1) is 0 Å². The molecule has 0 heterocycles. The molecule has 1 fully saturated rings. The molecule has 1 aromatic rings. The van der Waals surface area contributed by atoms with E-state index in [1.807, 2.05) is 0 Å². The number of benzene rings is 1. The first-order valence-electron chi connectivity index (χ1n) is 8.09. The van der Waals surface area contributed by atoms with Crippen LogP contribution in [-0.4, -0.2) is 29.5 Å². The maximum absolute atomic E-state index is 12.1. The molecular weight excluding hydrogens is 348 g/mol. The van der Waals surface area contributed by atoms with Gasteiger partial charge < -0.3 is 9.84 Å². The van der Waals surface area contributed by atoms with Gasteiger partial charge in [-0.1, -0.05) is 24.4 Å². The number of ether oxygens (including phenoxy) is 1. The molecule has 0 spiro atoms. The van der Waals surface area contributed by atoms with Gasteiger partial charge in [0.25, 0.3) is 5.91 Å². The number of hydrogen-bond donors (Lipinski definition) is 3. The molecule has 136 valence electrons. The summed E-state index contributed by atoms with van der Waals surface area (Å²) < 4.78 is 5.37. The zero-order chi connectivity index (χ0) is 18.4. The largest absolute Gasteiger partial charge is 0.483 e. The number of carbonyl (C=O) groups is 3. The summed E-state index contributed by atoms with van der Waals surface area (Å²) in [6.45, 7) is 1.52. The fourth-order valence-electron chi connectivity index (χ4n) is 2.92. The molecule has 0 bridgehead atoms. The topological polar surface area (TPSA) is 105 Å². The quantitative estimate of drug-likeness (QED) is 0.690. The number of carboxylic acids is 1. The highest BCUT2D eigenvalue weighted by Crippen LogP contribution is 2.30. The van der Waals surface area contributed by atoms with E-state index in [0.717, 1.165) is 18.4 Å². The average Bonchev–Trinajstić information content (AvgIpc) is 2.58. The van der Waals surface area contributed by atoms with Gasteiger partial charge in [-0.05, 0) is 43.5 Å². The second kappa shape index (κ2) is 8.71. The fraction of sp³-hybridized carbons (Fsp3) is 0.471. The summed E-state index contributed by atoms with van der Waals surface area (Å²) in [5.74, 6) is -2.82. The number of aryl methyl sites for hydroxylation is 1. The van der Waals surface area contributed by atoms with Crippen LogP contribution in [0.5, 0.6) is 5.75 Å². The minimum Gasteiger partial charge on any atom is -0.483 e. The maximum atomic E-state index is 12.1. The number of carbonyl (C=O) groups excluding carboxylic acids is 2. The van der Waals surface area contributed by atoms with Crippen LogP contribution < -0.4 is 15.6 Å². The van der Waals surface area contributed by atoms with Crippen molar-refractivity contribution in [2.24, 2.45) is 11.8 Å². The van der Waals surface area contributed by atoms with E-state index in [9.17, 15) is 19.5 Å². The molecule has 0 aliphatic heterocycles. The lowest BCUT2D eigenvalue weighted by atomic mass is 9.79. The number of hydrazine groups is 1. The lowest BCUT2D eigenvalue weighted by Gasteiger charge is -2.27. The molecule has 25 heavy (non-hydrogen) atoms. The summed E-state index contributed by atoms with van der Waals surface area (Å²) in [6.07, 6.45) is 2.57. The molecule has 0 saturated heterocycles. The van der Waals surface area contributed by atoms with Crippen molar-refractivity contribution in [1.29, 1.82) is 0 Å². The van der Waals surface area contributed by atoms with E-state index < -0.39 is 29.6 Å². The second-order valence-corrected chi connectivity index (χ2v) is 6.51. The summed E-state index contributed by atoms with van der Waals surface area (Å²) in [6, 6.07) is 5.02. The van der Waals surface area contributed by atoms with Crippen molar-refractivity contribution in [3.05, 3.63) is 28.8 Å². The van der Waals surface area contributed by atoms with Gasteiger partial charge in [-0.2, -0.15) is 0 Å².